The molecule has 1 aromatic carbocycles. The number of rotatable bonds is 3. The molecule has 3 rings (SSSR count). The SMILES string of the molecule is CCC(=O)N1CCc2cc(S(=O)(=O)N3CCC[C@H](C)C3)ccc21. The molecule has 1 aromatic rings. The molecule has 0 saturated carbocycles. The number of anilines is 1. The van der Waals surface area contributed by atoms with E-state index in [2.05, 4.69) is 6.92 Å². The minimum Gasteiger partial charge on any atom is -0.312 e. The summed E-state index contributed by atoms with van der Waals surface area (Å²) in [5.41, 5.74) is 1.82. The fourth-order valence-corrected chi connectivity index (χ4v) is 5.15. The molecule has 1 saturated heterocycles. The van der Waals surface area contributed by atoms with Crippen molar-refractivity contribution in [2.24, 2.45) is 5.92 Å². The quantitative estimate of drug-likeness (QED) is 0.852. The lowest BCUT2D eigenvalue weighted by Crippen LogP contribution is -2.39. The van der Waals surface area contributed by atoms with Crippen LogP contribution in [0, 0.1) is 5.92 Å². The van der Waals surface area contributed by atoms with E-state index in [1.165, 1.54) is 0 Å². The third kappa shape index (κ3) is 3.02. The highest BCUT2D eigenvalue weighted by molar-refractivity contribution is 7.89. The second-order valence-electron chi connectivity index (χ2n) is 6.55. The van der Waals surface area contributed by atoms with Gasteiger partial charge in [0.25, 0.3) is 0 Å². The van der Waals surface area contributed by atoms with Crippen LogP contribution in [0.3, 0.4) is 0 Å². The first-order chi connectivity index (χ1) is 10.9. The Hall–Kier alpha value is -1.40. The van der Waals surface area contributed by atoms with Crippen LogP contribution in [0.1, 0.15) is 38.7 Å². The molecule has 2 heterocycles. The summed E-state index contributed by atoms with van der Waals surface area (Å²) in [5, 5.41) is 0. The molecule has 2 aliphatic rings. The van der Waals surface area contributed by atoms with Gasteiger partial charge in [-0.15, -0.1) is 0 Å². The lowest BCUT2D eigenvalue weighted by molar-refractivity contribution is -0.118. The third-order valence-electron chi connectivity index (χ3n) is 4.81. The average molecular weight is 336 g/mol. The molecule has 6 heteroatoms. The number of hydrogen-bond acceptors (Lipinski definition) is 3. The van der Waals surface area contributed by atoms with Gasteiger partial charge in [-0.25, -0.2) is 8.42 Å². The molecule has 0 spiro atoms. The smallest absolute Gasteiger partial charge is 0.243 e. The zero-order chi connectivity index (χ0) is 16.6. The van der Waals surface area contributed by atoms with Gasteiger partial charge in [-0.2, -0.15) is 4.31 Å². The van der Waals surface area contributed by atoms with Gasteiger partial charge in [0.15, 0.2) is 0 Å². The number of sulfonamides is 1. The van der Waals surface area contributed by atoms with Crippen molar-refractivity contribution in [3.05, 3.63) is 23.8 Å². The van der Waals surface area contributed by atoms with Gasteiger partial charge in [-0.05, 0) is 48.9 Å². The number of carbonyl (C=O) groups is 1. The van der Waals surface area contributed by atoms with Gasteiger partial charge in [-0.3, -0.25) is 4.79 Å². The first-order valence-corrected chi connectivity index (χ1v) is 9.81. The van der Waals surface area contributed by atoms with Crippen LogP contribution in [0.2, 0.25) is 0 Å². The van der Waals surface area contributed by atoms with Crippen LogP contribution < -0.4 is 4.90 Å². The minimum absolute atomic E-state index is 0.0872. The molecular weight excluding hydrogens is 312 g/mol. The van der Waals surface area contributed by atoms with Crippen molar-refractivity contribution in [2.75, 3.05) is 24.5 Å². The van der Waals surface area contributed by atoms with E-state index < -0.39 is 10.0 Å². The van der Waals surface area contributed by atoms with Crippen LogP contribution in [-0.4, -0.2) is 38.3 Å². The van der Waals surface area contributed by atoms with Gasteiger partial charge in [0, 0.05) is 31.7 Å². The molecule has 126 valence electrons. The third-order valence-corrected chi connectivity index (χ3v) is 6.67. The Morgan fingerprint density at radius 2 is 2.09 bits per heavy atom. The Bertz CT molecular complexity index is 715. The molecule has 0 aromatic heterocycles. The predicted molar refractivity (Wildman–Crippen MR) is 89.9 cm³/mol. The minimum atomic E-state index is -3.43. The first-order valence-electron chi connectivity index (χ1n) is 8.37. The van der Waals surface area contributed by atoms with Crippen LogP contribution in [0.5, 0.6) is 0 Å². The Kier molecular flexibility index (Phi) is 4.47. The second kappa shape index (κ2) is 6.24. The van der Waals surface area contributed by atoms with Crippen molar-refractivity contribution in [1.29, 1.82) is 0 Å². The molecule has 0 aliphatic carbocycles. The zero-order valence-electron chi connectivity index (χ0n) is 13.8. The van der Waals surface area contributed by atoms with Crippen LogP contribution >= 0.6 is 0 Å². The average Bonchev–Trinajstić information content (AvgIpc) is 2.97. The second-order valence-corrected chi connectivity index (χ2v) is 8.49. The van der Waals surface area contributed by atoms with Crippen molar-refractivity contribution < 1.29 is 13.2 Å². The maximum Gasteiger partial charge on any atom is 0.243 e. The molecule has 5 nitrogen and oxygen atoms in total. The first kappa shape index (κ1) is 16.5. The van der Waals surface area contributed by atoms with Crippen molar-refractivity contribution in [3.63, 3.8) is 0 Å². The highest BCUT2D eigenvalue weighted by atomic mass is 32.2. The molecule has 1 atom stereocenters. The van der Waals surface area contributed by atoms with Gasteiger partial charge in [-0.1, -0.05) is 13.8 Å². The molecular formula is C17H24N2O3S. The fraction of sp³-hybridized carbons (Fsp3) is 0.588. The zero-order valence-corrected chi connectivity index (χ0v) is 14.6. The Balaban J connectivity index is 1.89. The largest absolute Gasteiger partial charge is 0.312 e. The van der Waals surface area contributed by atoms with Crippen LogP contribution in [0.15, 0.2) is 23.1 Å². The monoisotopic (exact) mass is 336 g/mol. The number of amides is 1. The van der Waals surface area contributed by atoms with E-state index in [0.717, 1.165) is 30.5 Å². The van der Waals surface area contributed by atoms with Gasteiger partial charge >= 0.3 is 0 Å². The maximum atomic E-state index is 12.8. The van der Waals surface area contributed by atoms with E-state index in [0.29, 0.717) is 36.9 Å². The van der Waals surface area contributed by atoms with Crippen LogP contribution in [-0.2, 0) is 21.2 Å². The molecule has 0 bridgehead atoms. The number of benzene rings is 1. The van der Waals surface area contributed by atoms with E-state index in [1.807, 2.05) is 6.92 Å². The van der Waals surface area contributed by atoms with Gasteiger partial charge < -0.3 is 4.90 Å². The van der Waals surface area contributed by atoms with Gasteiger partial charge in [0.1, 0.15) is 0 Å². The molecule has 0 N–H and O–H groups in total. The fourth-order valence-electron chi connectivity index (χ4n) is 3.50. The normalized spacial score (nSPS) is 22.2. The van der Waals surface area contributed by atoms with Crippen molar-refractivity contribution in [1.82, 2.24) is 4.31 Å². The molecule has 2 aliphatic heterocycles. The van der Waals surface area contributed by atoms with Crippen LogP contribution in [0.4, 0.5) is 5.69 Å². The number of carbonyl (C=O) groups excluding carboxylic acids is 1. The maximum absolute atomic E-state index is 12.8. The highest BCUT2D eigenvalue weighted by Crippen LogP contribution is 2.32. The summed E-state index contributed by atoms with van der Waals surface area (Å²) in [6.07, 6.45) is 3.19. The number of piperidine rings is 1. The van der Waals surface area contributed by atoms with E-state index in [-0.39, 0.29) is 5.91 Å². The molecule has 0 radical (unpaired) electrons. The Labute approximate surface area is 138 Å². The summed E-state index contributed by atoms with van der Waals surface area (Å²) in [4.78, 5) is 14.1. The summed E-state index contributed by atoms with van der Waals surface area (Å²) in [7, 11) is -3.43. The van der Waals surface area contributed by atoms with Crippen LogP contribution in [0.25, 0.3) is 0 Å². The van der Waals surface area contributed by atoms with Gasteiger partial charge in [0.05, 0.1) is 4.90 Å². The summed E-state index contributed by atoms with van der Waals surface area (Å²) in [6, 6.07) is 5.19. The lowest BCUT2D eigenvalue weighted by atomic mass is 10.0. The Morgan fingerprint density at radius 1 is 1.30 bits per heavy atom. The topological polar surface area (TPSA) is 57.7 Å². The highest BCUT2D eigenvalue weighted by Gasteiger charge is 2.31. The van der Waals surface area contributed by atoms with E-state index in [9.17, 15) is 13.2 Å². The summed E-state index contributed by atoms with van der Waals surface area (Å²) < 4.78 is 27.3. The number of nitrogens with zero attached hydrogens (tertiary/aromatic N) is 2. The van der Waals surface area contributed by atoms with E-state index >= 15 is 0 Å². The number of hydrogen-bond donors (Lipinski definition) is 0. The lowest BCUT2D eigenvalue weighted by Gasteiger charge is -2.30. The van der Waals surface area contributed by atoms with Gasteiger partial charge in [0.2, 0.25) is 15.9 Å². The van der Waals surface area contributed by atoms with Crippen molar-refractivity contribution in [2.45, 2.75) is 44.4 Å². The van der Waals surface area contributed by atoms with Crippen molar-refractivity contribution >= 4 is 21.6 Å². The van der Waals surface area contributed by atoms with E-state index in [4.69, 9.17) is 0 Å². The summed E-state index contributed by atoms with van der Waals surface area (Å²) >= 11 is 0. The predicted octanol–water partition coefficient (Wildman–Crippen LogP) is 2.41. The molecule has 0 unspecified atom stereocenters. The Morgan fingerprint density at radius 3 is 2.78 bits per heavy atom. The standard InChI is InChI=1S/C17H24N2O3S/c1-3-17(20)19-10-8-14-11-15(6-7-16(14)19)23(21,22)18-9-4-5-13(2)12-18/h6-7,11,13H,3-5,8-10,12H2,1-2H3/t13-/m0/s1. The van der Waals surface area contributed by atoms with Crippen molar-refractivity contribution in [3.8, 4) is 0 Å². The van der Waals surface area contributed by atoms with E-state index in [1.54, 1.807) is 27.4 Å². The summed E-state index contributed by atoms with van der Waals surface area (Å²) in [5.74, 6) is 0.495. The molecule has 23 heavy (non-hydrogen) atoms. The summed E-state index contributed by atoms with van der Waals surface area (Å²) in [6.45, 7) is 5.78. The molecule has 1 amide bonds. The number of fused-ring (bicyclic) bond motifs is 1. The molecule has 1 fully saturated rings.